The summed E-state index contributed by atoms with van der Waals surface area (Å²) in [6, 6.07) is 16.3. The van der Waals surface area contributed by atoms with Crippen molar-refractivity contribution in [3.8, 4) is 6.07 Å². The van der Waals surface area contributed by atoms with Crippen molar-refractivity contribution in [2.24, 2.45) is 0 Å². The largest absolute Gasteiger partial charge is 0.342 e. The number of aromatic nitrogens is 2. The molecule has 0 radical (unpaired) electrons. The molecule has 0 aliphatic rings. The number of nitriles is 1. The molecule has 1 aromatic heterocycles. The number of carbonyl (C=O) groups excluding carboxylic acids is 1. The number of fused-ring (bicyclic) bond motifs is 1. The van der Waals surface area contributed by atoms with Crippen LogP contribution in [0.3, 0.4) is 0 Å². The van der Waals surface area contributed by atoms with E-state index in [1.54, 1.807) is 24.3 Å². The summed E-state index contributed by atoms with van der Waals surface area (Å²) in [5, 5.41) is 14.3. The van der Waals surface area contributed by atoms with Gasteiger partial charge in [0.25, 0.3) is 0 Å². The van der Waals surface area contributed by atoms with Crippen LogP contribution in [0.25, 0.3) is 11.0 Å². The maximum absolute atomic E-state index is 11.8. The van der Waals surface area contributed by atoms with E-state index in [0.717, 1.165) is 16.9 Å². The van der Waals surface area contributed by atoms with Crippen molar-refractivity contribution in [1.29, 1.82) is 5.26 Å². The minimum Gasteiger partial charge on any atom is -0.342 e. The Morgan fingerprint density at radius 1 is 1.22 bits per heavy atom. The Kier molecular flexibility index (Phi) is 4.20. The van der Waals surface area contributed by atoms with E-state index in [9.17, 15) is 4.79 Å². The van der Waals surface area contributed by atoms with E-state index >= 15 is 0 Å². The molecule has 0 aliphatic carbocycles. The van der Waals surface area contributed by atoms with Crippen molar-refractivity contribution >= 4 is 22.8 Å². The number of carbonyl (C=O) groups is 1. The van der Waals surface area contributed by atoms with E-state index in [4.69, 9.17) is 5.26 Å². The molecule has 0 spiro atoms. The number of nitrogens with one attached hydrogen (secondary N) is 3. The third-order valence-electron chi connectivity index (χ3n) is 3.34. The SMILES string of the molecule is N#Cc1cccc(NC(=O)NCCc2nc3ccccc3[nH]2)c1. The normalized spacial score (nSPS) is 10.2. The highest BCUT2D eigenvalue weighted by molar-refractivity contribution is 5.89. The molecule has 6 heteroatoms. The molecule has 0 saturated carbocycles. The molecule has 3 rings (SSSR count). The summed E-state index contributed by atoms with van der Waals surface area (Å²) in [4.78, 5) is 19.5. The molecule has 114 valence electrons. The summed E-state index contributed by atoms with van der Waals surface area (Å²) in [7, 11) is 0. The Balaban J connectivity index is 1.52. The molecule has 0 aliphatic heterocycles. The van der Waals surface area contributed by atoms with Crippen LogP contribution < -0.4 is 10.6 Å². The predicted octanol–water partition coefficient (Wildman–Crippen LogP) is 2.80. The number of hydrogen-bond donors (Lipinski definition) is 3. The summed E-state index contributed by atoms with van der Waals surface area (Å²) >= 11 is 0. The number of anilines is 1. The summed E-state index contributed by atoms with van der Waals surface area (Å²) in [5.74, 6) is 0.831. The third-order valence-corrected chi connectivity index (χ3v) is 3.34. The van der Waals surface area contributed by atoms with Gasteiger partial charge < -0.3 is 15.6 Å². The van der Waals surface area contributed by atoms with Crippen LogP contribution in [0.2, 0.25) is 0 Å². The number of H-pyrrole nitrogens is 1. The number of benzene rings is 2. The van der Waals surface area contributed by atoms with Gasteiger partial charge in [-0.25, -0.2) is 9.78 Å². The average molecular weight is 305 g/mol. The van der Waals surface area contributed by atoms with Gasteiger partial charge in [0.15, 0.2) is 0 Å². The van der Waals surface area contributed by atoms with Crippen LogP contribution in [-0.2, 0) is 6.42 Å². The molecular formula is C17H15N5O. The highest BCUT2D eigenvalue weighted by atomic mass is 16.2. The number of urea groups is 1. The quantitative estimate of drug-likeness (QED) is 0.692. The molecule has 0 saturated heterocycles. The second-order valence-electron chi connectivity index (χ2n) is 5.02. The Hall–Kier alpha value is -3.33. The van der Waals surface area contributed by atoms with Gasteiger partial charge in [-0.05, 0) is 30.3 Å². The number of imidazole rings is 1. The van der Waals surface area contributed by atoms with Crippen LogP contribution in [0.15, 0.2) is 48.5 Å². The van der Waals surface area contributed by atoms with Crippen LogP contribution in [0.4, 0.5) is 10.5 Å². The molecule has 2 aromatic carbocycles. The summed E-state index contributed by atoms with van der Waals surface area (Å²) in [6.07, 6.45) is 0.611. The minimum atomic E-state index is -0.309. The summed E-state index contributed by atoms with van der Waals surface area (Å²) in [6.45, 7) is 0.462. The van der Waals surface area contributed by atoms with E-state index in [2.05, 4.69) is 20.6 Å². The first kappa shape index (κ1) is 14.6. The van der Waals surface area contributed by atoms with Crippen molar-refractivity contribution in [3.63, 3.8) is 0 Å². The third kappa shape index (κ3) is 3.66. The first-order valence-corrected chi connectivity index (χ1v) is 7.23. The lowest BCUT2D eigenvalue weighted by Crippen LogP contribution is -2.30. The topological polar surface area (TPSA) is 93.6 Å². The van der Waals surface area contributed by atoms with Gasteiger partial charge in [-0.1, -0.05) is 18.2 Å². The van der Waals surface area contributed by atoms with Crippen molar-refractivity contribution in [1.82, 2.24) is 15.3 Å². The highest BCUT2D eigenvalue weighted by Crippen LogP contribution is 2.11. The second-order valence-corrected chi connectivity index (χ2v) is 5.02. The van der Waals surface area contributed by atoms with Crippen LogP contribution in [-0.4, -0.2) is 22.5 Å². The number of para-hydroxylation sites is 2. The monoisotopic (exact) mass is 305 g/mol. The Bertz CT molecular complexity index is 845. The molecule has 2 amide bonds. The Morgan fingerprint density at radius 3 is 2.91 bits per heavy atom. The fourth-order valence-corrected chi connectivity index (χ4v) is 2.26. The lowest BCUT2D eigenvalue weighted by Gasteiger charge is -2.07. The van der Waals surface area contributed by atoms with Gasteiger partial charge in [0, 0.05) is 18.7 Å². The van der Waals surface area contributed by atoms with Crippen LogP contribution in [0, 0.1) is 11.3 Å². The zero-order valence-corrected chi connectivity index (χ0v) is 12.3. The van der Waals surface area contributed by atoms with E-state index in [-0.39, 0.29) is 6.03 Å². The molecule has 23 heavy (non-hydrogen) atoms. The lowest BCUT2D eigenvalue weighted by molar-refractivity contribution is 0.252. The number of amides is 2. The molecule has 3 N–H and O–H groups in total. The van der Waals surface area contributed by atoms with Gasteiger partial charge >= 0.3 is 6.03 Å². The van der Waals surface area contributed by atoms with Gasteiger partial charge in [-0.3, -0.25) is 0 Å². The number of hydrogen-bond acceptors (Lipinski definition) is 3. The maximum atomic E-state index is 11.8. The zero-order valence-electron chi connectivity index (χ0n) is 12.3. The van der Waals surface area contributed by atoms with Gasteiger partial charge in [0.05, 0.1) is 22.7 Å². The number of nitrogens with zero attached hydrogens (tertiary/aromatic N) is 2. The fourth-order valence-electron chi connectivity index (χ4n) is 2.26. The first-order chi connectivity index (χ1) is 11.2. The minimum absolute atomic E-state index is 0.309. The molecule has 0 bridgehead atoms. The highest BCUT2D eigenvalue weighted by Gasteiger charge is 2.04. The van der Waals surface area contributed by atoms with Crippen molar-refractivity contribution in [2.45, 2.75) is 6.42 Å². The van der Waals surface area contributed by atoms with Crippen LogP contribution in [0.1, 0.15) is 11.4 Å². The van der Waals surface area contributed by atoms with Crippen molar-refractivity contribution in [3.05, 3.63) is 59.9 Å². The molecule has 6 nitrogen and oxygen atoms in total. The van der Waals surface area contributed by atoms with E-state index in [1.165, 1.54) is 0 Å². The zero-order chi connectivity index (χ0) is 16.1. The summed E-state index contributed by atoms with van der Waals surface area (Å²) in [5.41, 5.74) is 3.00. The van der Waals surface area contributed by atoms with Crippen LogP contribution >= 0.6 is 0 Å². The second kappa shape index (κ2) is 6.62. The molecule has 1 heterocycles. The Morgan fingerprint density at radius 2 is 2.09 bits per heavy atom. The van der Waals surface area contributed by atoms with Gasteiger partial charge in [-0.2, -0.15) is 5.26 Å². The van der Waals surface area contributed by atoms with Gasteiger partial charge in [-0.15, -0.1) is 0 Å². The molecule has 0 fully saturated rings. The van der Waals surface area contributed by atoms with Crippen molar-refractivity contribution in [2.75, 3.05) is 11.9 Å². The van der Waals surface area contributed by atoms with Gasteiger partial charge in [0.1, 0.15) is 5.82 Å². The molecular weight excluding hydrogens is 290 g/mol. The molecule has 3 aromatic rings. The van der Waals surface area contributed by atoms with Gasteiger partial charge in [0.2, 0.25) is 0 Å². The van der Waals surface area contributed by atoms with Crippen LogP contribution in [0.5, 0.6) is 0 Å². The van der Waals surface area contributed by atoms with E-state index in [1.807, 2.05) is 30.3 Å². The molecule has 0 atom stereocenters. The molecule has 0 unspecified atom stereocenters. The van der Waals surface area contributed by atoms with E-state index < -0.39 is 0 Å². The fraction of sp³-hybridized carbons (Fsp3) is 0.118. The van der Waals surface area contributed by atoms with E-state index in [0.29, 0.717) is 24.2 Å². The first-order valence-electron chi connectivity index (χ1n) is 7.23. The lowest BCUT2D eigenvalue weighted by atomic mass is 10.2. The van der Waals surface area contributed by atoms with Crippen molar-refractivity contribution < 1.29 is 4.79 Å². The predicted molar refractivity (Wildman–Crippen MR) is 88.0 cm³/mol. The average Bonchev–Trinajstić information content (AvgIpc) is 2.97. The number of rotatable bonds is 4. The Labute approximate surface area is 133 Å². The smallest absolute Gasteiger partial charge is 0.319 e. The summed E-state index contributed by atoms with van der Waals surface area (Å²) < 4.78 is 0. The maximum Gasteiger partial charge on any atom is 0.319 e. The standard InChI is InChI=1S/C17H15N5O/c18-11-12-4-3-5-13(10-12)20-17(23)19-9-8-16-21-14-6-1-2-7-15(14)22-16/h1-7,10H,8-9H2,(H,21,22)(H2,19,20,23). The number of aromatic amines is 1.